The van der Waals surface area contributed by atoms with Crippen molar-refractivity contribution in [2.24, 2.45) is 0 Å². The average molecular weight is 344 g/mol. The monoisotopic (exact) mass is 344 g/mol. The predicted molar refractivity (Wildman–Crippen MR) is 101 cm³/mol. The molecule has 4 nitrogen and oxygen atoms in total. The predicted octanol–water partition coefficient (Wildman–Crippen LogP) is 3.75. The van der Waals surface area contributed by atoms with Gasteiger partial charge in [0.05, 0.1) is 6.42 Å². The summed E-state index contributed by atoms with van der Waals surface area (Å²) in [5.74, 6) is -0.198. The number of Topliss-reactive ketones (excluding diaryl/α,β-unsaturated/α-hetero) is 1. The fourth-order valence-corrected chi connectivity index (χ4v) is 2.60. The molecule has 0 saturated heterocycles. The van der Waals surface area contributed by atoms with Crippen LogP contribution in [0.5, 0.6) is 0 Å². The molecule has 1 heterocycles. The molecule has 0 aliphatic rings. The summed E-state index contributed by atoms with van der Waals surface area (Å²) in [7, 11) is 0. The van der Waals surface area contributed by atoms with Crippen molar-refractivity contribution in [1.29, 1.82) is 0 Å². The van der Waals surface area contributed by atoms with E-state index in [0.717, 1.165) is 5.56 Å². The summed E-state index contributed by atoms with van der Waals surface area (Å²) in [5, 5.41) is 2.90. The molecule has 1 N–H and O–H groups in total. The number of hydrogen-bond acceptors (Lipinski definition) is 3. The first kappa shape index (κ1) is 17.5. The van der Waals surface area contributed by atoms with Crippen molar-refractivity contribution in [3.8, 4) is 0 Å². The second kappa shape index (κ2) is 8.21. The van der Waals surface area contributed by atoms with Gasteiger partial charge in [-0.2, -0.15) is 0 Å². The zero-order chi connectivity index (χ0) is 18.4. The highest BCUT2D eigenvalue weighted by molar-refractivity contribution is 5.98. The van der Waals surface area contributed by atoms with Crippen LogP contribution in [0.25, 0.3) is 0 Å². The van der Waals surface area contributed by atoms with Crippen molar-refractivity contribution in [2.75, 3.05) is 0 Å². The highest BCUT2D eigenvalue weighted by Gasteiger charge is 2.11. The molecule has 0 bridgehead atoms. The first-order valence-corrected chi connectivity index (χ1v) is 8.49. The van der Waals surface area contributed by atoms with Crippen molar-refractivity contribution >= 4 is 11.7 Å². The highest BCUT2D eigenvalue weighted by atomic mass is 16.1. The normalized spacial score (nSPS) is 10.3. The molecule has 1 aromatic heterocycles. The van der Waals surface area contributed by atoms with E-state index in [9.17, 15) is 9.59 Å². The number of aryl methyl sites for hydroxylation is 1. The van der Waals surface area contributed by atoms with Crippen LogP contribution >= 0.6 is 0 Å². The lowest BCUT2D eigenvalue weighted by Crippen LogP contribution is -2.23. The summed E-state index contributed by atoms with van der Waals surface area (Å²) in [6.07, 6.45) is 1.73. The fraction of sp³-hybridized carbons (Fsp3) is 0.136. The van der Waals surface area contributed by atoms with Gasteiger partial charge in [0.25, 0.3) is 5.91 Å². The third kappa shape index (κ3) is 4.63. The minimum Gasteiger partial charge on any atom is -0.348 e. The number of aromatic nitrogens is 1. The Morgan fingerprint density at radius 3 is 2.38 bits per heavy atom. The molecular formula is C22H20N2O2. The molecule has 0 fully saturated rings. The molecule has 0 aliphatic carbocycles. The van der Waals surface area contributed by atoms with Crippen molar-refractivity contribution in [3.05, 3.63) is 101 Å². The summed E-state index contributed by atoms with van der Waals surface area (Å²) < 4.78 is 0. The van der Waals surface area contributed by atoms with Gasteiger partial charge in [0, 0.05) is 29.6 Å². The Hall–Kier alpha value is -3.27. The van der Waals surface area contributed by atoms with Crippen molar-refractivity contribution in [2.45, 2.75) is 19.9 Å². The Kier molecular flexibility index (Phi) is 5.54. The van der Waals surface area contributed by atoms with E-state index in [-0.39, 0.29) is 18.1 Å². The lowest BCUT2D eigenvalue weighted by atomic mass is 10.1. The standard InChI is InChI=1S/C22H20N2O2/c1-16-7-9-17(10-8-16)15-24-22(26)19-11-12-23-20(13-19)14-21(25)18-5-3-2-4-6-18/h2-13H,14-15H2,1H3,(H,24,26). The topological polar surface area (TPSA) is 59.1 Å². The second-order valence-corrected chi connectivity index (χ2v) is 6.17. The number of amides is 1. The molecule has 0 aliphatic heterocycles. The van der Waals surface area contributed by atoms with E-state index in [1.807, 2.05) is 49.4 Å². The lowest BCUT2D eigenvalue weighted by molar-refractivity contribution is 0.0947. The number of hydrogen-bond donors (Lipinski definition) is 1. The Bertz CT molecular complexity index is 903. The second-order valence-electron chi connectivity index (χ2n) is 6.17. The number of nitrogens with one attached hydrogen (secondary N) is 1. The summed E-state index contributed by atoms with van der Waals surface area (Å²) in [6.45, 7) is 2.48. The molecule has 0 unspecified atom stereocenters. The van der Waals surface area contributed by atoms with Gasteiger partial charge in [0.2, 0.25) is 0 Å². The third-order valence-corrected chi connectivity index (χ3v) is 4.09. The van der Waals surface area contributed by atoms with E-state index in [2.05, 4.69) is 10.3 Å². The molecule has 0 saturated carbocycles. The van der Waals surface area contributed by atoms with E-state index < -0.39 is 0 Å². The van der Waals surface area contributed by atoms with Gasteiger partial charge in [-0.05, 0) is 24.6 Å². The van der Waals surface area contributed by atoms with E-state index in [1.54, 1.807) is 30.5 Å². The fourth-order valence-electron chi connectivity index (χ4n) is 2.60. The van der Waals surface area contributed by atoms with Gasteiger partial charge >= 0.3 is 0 Å². The van der Waals surface area contributed by atoms with Crippen LogP contribution in [-0.4, -0.2) is 16.7 Å². The number of pyridine rings is 1. The maximum atomic E-state index is 12.4. The zero-order valence-electron chi connectivity index (χ0n) is 14.6. The van der Waals surface area contributed by atoms with Gasteiger partial charge in [-0.25, -0.2) is 0 Å². The van der Waals surface area contributed by atoms with Crippen LogP contribution in [-0.2, 0) is 13.0 Å². The molecule has 130 valence electrons. The summed E-state index contributed by atoms with van der Waals surface area (Å²) in [5.41, 5.74) is 3.95. The summed E-state index contributed by atoms with van der Waals surface area (Å²) in [4.78, 5) is 28.9. The number of carbonyl (C=O) groups excluding carboxylic acids is 2. The largest absolute Gasteiger partial charge is 0.348 e. The molecule has 3 aromatic rings. The molecule has 0 atom stereocenters. The smallest absolute Gasteiger partial charge is 0.251 e. The van der Waals surface area contributed by atoms with Crippen LogP contribution in [0.2, 0.25) is 0 Å². The number of benzene rings is 2. The zero-order valence-corrected chi connectivity index (χ0v) is 14.6. The van der Waals surface area contributed by atoms with E-state index in [0.29, 0.717) is 23.4 Å². The summed E-state index contributed by atoms with van der Waals surface area (Å²) >= 11 is 0. The Labute approximate surface area is 152 Å². The number of ketones is 1. The Balaban J connectivity index is 1.63. The van der Waals surface area contributed by atoms with Gasteiger partial charge in [0.15, 0.2) is 5.78 Å². The number of carbonyl (C=O) groups is 2. The molecular weight excluding hydrogens is 324 g/mol. The van der Waals surface area contributed by atoms with Crippen molar-refractivity contribution in [1.82, 2.24) is 10.3 Å². The molecule has 3 rings (SSSR count). The van der Waals surface area contributed by atoms with E-state index in [1.165, 1.54) is 5.56 Å². The average Bonchev–Trinajstić information content (AvgIpc) is 2.68. The number of nitrogens with zero attached hydrogens (tertiary/aromatic N) is 1. The van der Waals surface area contributed by atoms with Crippen LogP contribution in [0, 0.1) is 6.92 Å². The molecule has 0 radical (unpaired) electrons. The van der Waals surface area contributed by atoms with Gasteiger partial charge < -0.3 is 5.32 Å². The number of rotatable bonds is 6. The van der Waals surface area contributed by atoms with Crippen LogP contribution in [0.3, 0.4) is 0 Å². The van der Waals surface area contributed by atoms with E-state index in [4.69, 9.17) is 0 Å². The molecule has 2 aromatic carbocycles. The Morgan fingerprint density at radius 1 is 0.923 bits per heavy atom. The first-order valence-electron chi connectivity index (χ1n) is 8.49. The minimum absolute atomic E-state index is 0.0182. The van der Waals surface area contributed by atoms with E-state index >= 15 is 0 Å². The van der Waals surface area contributed by atoms with Crippen LogP contribution in [0.1, 0.15) is 37.5 Å². The molecule has 26 heavy (non-hydrogen) atoms. The molecule has 1 amide bonds. The molecule has 4 heteroatoms. The highest BCUT2D eigenvalue weighted by Crippen LogP contribution is 2.09. The Morgan fingerprint density at radius 2 is 1.65 bits per heavy atom. The van der Waals surface area contributed by atoms with Gasteiger partial charge in [0.1, 0.15) is 0 Å². The SMILES string of the molecule is Cc1ccc(CNC(=O)c2ccnc(CC(=O)c3ccccc3)c2)cc1. The van der Waals surface area contributed by atoms with Crippen LogP contribution in [0.15, 0.2) is 72.9 Å². The maximum absolute atomic E-state index is 12.4. The third-order valence-electron chi connectivity index (χ3n) is 4.09. The lowest BCUT2D eigenvalue weighted by Gasteiger charge is -2.07. The quantitative estimate of drug-likeness (QED) is 0.693. The first-order chi connectivity index (χ1) is 12.6. The van der Waals surface area contributed by atoms with Crippen molar-refractivity contribution in [3.63, 3.8) is 0 Å². The van der Waals surface area contributed by atoms with Crippen molar-refractivity contribution < 1.29 is 9.59 Å². The van der Waals surface area contributed by atoms with Crippen LogP contribution < -0.4 is 5.32 Å². The van der Waals surface area contributed by atoms with Gasteiger partial charge in [-0.3, -0.25) is 14.6 Å². The van der Waals surface area contributed by atoms with Gasteiger partial charge in [-0.1, -0.05) is 60.2 Å². The molecule has 0 spiro atoms. The van der Waals surface area contributed by atoms with Gasteiger partial charge in [-0.15, -0.1) is 0 Å². The maximum Gasteiger partial charge on any atom is 0.251 e. The summed E-state index contributed by atoms with van der Waals surface area (Å²) in [6, 6.07) is 20.4. The minimum atomic E-state index is -0.179. The van der Waals surface area contributed by atoms with Crippen LogP contribution in [0.4, 0.5) is 0 Å².